The van der Waals surface area contributed by atoms with Crippen molar-refractivity contribution in [3.63, 3.8) is 0 Å². The SMILES string of the molecule is Cn1cc(CN)nc1COc1cccc(C(C)(C)C)c1. The highest BCUT2D eigenvalue weighted by Crippen LogP contribution is 2.25. The molecule has 0 fully saturated rings. The smallest absolute Gasteiger partial charge is 0.146 e. The summed E-state index contributed by atoms with van der Waals surface area (Å²) in [5, 5.41) is 0. The molecule has 0 aliphatic heterocycles. The van der Waals surface area contributed by atoms with Crippen LogP contribution >= 0.6 is 0 Å². The van der Waals surface area contributed by atoms with E-state index < -0.39 is 0 Å². The molecule has 0 saturated carbocycles. The minimum absolute atomic E-state index is 0.120. The Hall–Kier alpha value is -1.81. The van der Waals surface area contributed by atoms with E-state index in [1.165, 1.54) is 5.56 Å². The molecule has 4 heteroatoms. The molecule has 0 spiro atoms. The largest absolute Gasteiger partial charge is 0.486 e. The van der Waals surface area contributed by atoms with E-state index in [1.807, 2.05) is 29.9 Å². The predicted octanol–water partition coefficient (Wildman–Crippen LogP) is 2.76. The second-order valence-electron chi connectivity index (χ2n) is 6.03. The van der Waals surface area contributed by atoms with Crippen molar-refractivity contribution in [1.29, 1.82) is 0 Å². The molecule has 0 unspecified atom stereocenters. The summed E-state index contributed by atoms with van der Waals surface area (Å²) in [6.07, 6.45) is 1.93. The summed E-state index contributed by atoms with van der Waals surface area (Å²) in [6, 6.07) is 8.22. The fourth-order valence-electron chi connectivity index (χ4n) is 2.00. The van der Waals surface area contributed by atoms with Crippen molar-refractivity contribution in [2.24, 2.45) is 12.8 Å². The molecular formula is C16H23N3O. The van der Waals surface area contributed by atoms with Crippen LogP contribution in [0, 0.1) is 0 Å². The molecular weight excluding hydrogens is 250 g/mol. The van der Waals surface area contributed by atoms with Crippen molar-refractivity contribution in [2.45, 2.75) is 39.3 Å². The molecule has 1 aromatic heterocycles. The molecule has 4 nitrogen and oxygen atoms in total. The van der Waals surface area contributed by atoms with Gasteiger partial charge in [0, 0.05) is 19.8 Å². The Morgan fingerprint density at radius 2 is 2.05 bits per heavy atom. The van der Waals surface area contributed by atoms with E-state index in [4.69, 9.17) is 10.5 Å². The third kappa shape index (κ3) is 3.39. The maximum absolute atomic E-state index is 5.84. The van der Waals surface area contributed by atoms with Gasteiger partial charge in [-0.15, -0.1) is 0 Å². The number of nitrogens with zero attached hydrogens (tertiary/aromatic N) is 2. The number of ether oxygens (including phenoxy) is 1. The summed E-state index contributed by atoms with van der Waals surface area (Å²) in [5.41, 5.74) is 7.86. The highest BCUT2D eigenvalue weighted by atomic mass is 16.5. The molecule has 1 aromatic carbocycles. The molecule has 2 aromatic rings. The van der Waals surface area contributed by atoms with Crippen LogP contribution in [-0.2, 0) is 25.6 Å². The van der Waals surface area contributed by atoms with Crippen molar-refractivity contribution in [2.75, 3.05) is 0 Å². The summed E-state index contributed by atoms with van der Waals surface area (Å²) in [6.45, 7) is 7.48. The Labute approximate surface area is 120 Å². The van der Waals surface area contributed by atoms with Gasteiger partial charge in [0.25, 0.3) is 0 Å². The fraction of sp³-hybridized carbons (Fsp3) is 0.438. The van der Waals surface area contributed by atoms with Gasteiger partial charge in [0.15, 0.2) is 0 Å². The van der Waals surface area contributed by atoms with Crippen LogP contribution in [0.2, 0.25) is 0 Å². The molecule has 0 amide bonds. The van der Waals surface area contributed by atoms with Gasteiger partial charge in [-0.1, -0.05) is 32.9 Å². The van der Waals surface area contributed by atoms with Crippen LogP contribution in [0.25, 0.3) is 0 Å². The second-order valence-corrected chi connectivity index (χ2v) is 6.03. The van der Waals surface area contributed by atoms with Crippen LogP contribution in [0.3, 0.4) is 0 Å². The average molecular weight is 273 g/mol. The van der Waals surface area contributed by atoms with Gasteiger partial charge in [-0.25, -0.2) is 4.98 Å². The number of aromatic nitrogens is 2. The first kappa shape index (κ1) is 14.6. The molecule has 20 heavy (non-hydrogen) atoms. The first-order valence-corrected chi connectivity index (χ1v) is 6.84. The molecule has 2 N–H and O–H groups in total. The summed E-state index contributed by atoms with van der Waals surface area (Å²) in [4.78, 5) is 4.43. The summed E-state index contributed by atoms with van der Waals surface area (Å²) < 4.78 is 7.80. The lowest BCUT2D eigenvalue weighted by Crippen LogP contribution is -2.11. The van der Waals surface area contributed by atoms with Gasteiger partial charge in [-0.3, -0.25) is 0 Å². The number of aryl methyl sites for hydroxylation is 1. The van der Waals surface area contributed by atoms with Gasteiger partial charge in [0.05, 0.1) is 5.69 Å². The maximum Gasteiger partial charge on any atom is 0.146 e. The standard InChI is InChI=1S/C16H23N3O/c1-16(2,3)12-6-5-7-14(8-12)20-11-15-18-13(9-17)10-19(15)4/h5-8,10H,9,11,17H2,1-4H3. The quantitative estimate of drug-likeness (QED) is 0.932. The van der Waals surface area contributed by atoms with E-state index in [0.717, 1.165) is 17.3 Å². The molecule has 0 saturated heterocycles. The van der Waals surface area contributed by atoms with Gasteiger partial charge < -0.3 is 15.0 Å². The third-order valence-electron chi connectivity index (χ3n) is 3.30. The third-order valence-corrected chi connectivity index (χ3v) is 3.30. The van der Waals surface area contributed by atoms with Crippen molar-refractivity contribution >= 4 is 0 Å². The maximum atomic E-state index is 5.84. The van der Waals surface area contributed by atoms with Gasteiger partial charge in [-0.05, 0) is 23.1 Å². The van der Waals surface area contributed by atoms with Gasteiger partial charge in [0.1, 0.15) is 18.2 Å². The average Bonchev–Trinajstić information content (AvgIpc) is 2.76. The number of benzene rings is 1. The number of rotatable bonds is 4. The Bertz CT molecular complexity index is 582. The number of hydrogen-bond donors (Lipinski definition) is 1. The topological polar surface area (TPSA) is 53.1 Å². The minimum atomic E-state index is 0.120. The van der Waals surface area contributed by atoms with E-state index in [2.05, 4.69) is 37.9 Å². The normalized spacial score (nSPS) is 11.7. The van der Waals surface area contributed by atoms with Crippen LogP contribution in [0.5, 0.6) is 5.75 Å². The Morgan fingerprint density at radius 3 is 2.65 bits per heavy atom. The lowest BCUT2D eigenvalue weighted by molar-refractivity contribution is 0.291. The zero-order valence-corrected chi connectivity index (χ0v) is 12.7. The van der Waals surface area contributed by atoms with E-state index in [0.29, 0.717) is 13.2 Å². The summed E-state index contributed by atoms with van der Waals surface area (Å²) in [7, 11) is 1.95. The summed E-state index contributed by atoms with van der Waals surface area (Å²) >= 11 is 0. The van der Waals surface area contributed by atoms with E-state index in [1.54, 1.807) is 0 Å². The molecule has 0 aliphatic rings. The number of nitrogens with two attached hydrogens (primary N) is 1. The molecule has 108 valence electrons. The van der Waals surface area contributed by atoms with Crippen molar-refractivity contribution in [3.8, 4) is 5.75 Å². The first-order chi connectivity index (χ1) is 9.40. The minimum Gasteiger partial charge on any atom is -0.486 e. The van der Waals surface area contributed by atoms with Crippen molar-refractivity contribution in [3.05, 3.63) is 47.5 Å². The number of imidazole rings is 1. The van der Waals surface area contributed by atoms with Crippen LogP contribution in [-0.4, -0.2) is 9.55 Å². The van der Waals surface area contributed by atoms with E-state index in [-0.39, 0.29) is 5.41 Å². The lowest BCUT2D eigenvalue weighted by Gasteiger charge is -2.19. The lowest BCUT2D eigenvalue weighted by atomic mass is 9.87. The van der Waals surface area contributed by atoms with E-state index in [9.17, 15) is 0 Å². The predicted molar refractivity (Wildman–Crippen MR) is 80.6 cm³/mol. The van der Waals surface area contributed by atoms with Crippen LogP contribution < -0.4 is 10.5 Å². The fourth-order valence-corrected chi connectivity index (χ4v) is 2.00. The highest BCUT2D eigenvalue weighted by Gasteiger charge is 2.14. The van der Waals surface area contributed by atoms with Gasteiger partial charge >= 0.3 is 0 Å². The first-order valence-electron chi connectivity index (χ1n) is 6.84. The zero-order valence-electron chi connectivity index (χ0n) is 12.7. The molecule has 0 radical (unpaired) electrons. The monoisotopic (exact) mass is 273 g/mol. The van der Waals surface area contributed by atoms with Gasteiger partial charge in [-0.2, -0.15) is 0 Å². The Kier molecular flexibility index (Phi) is 4.14. The van der Waals surface area contributed by atoms with Gasteiger partial charge in [0.2, 0.25) is 0 Å². The molecule has 0 bridgehead atoms. The Morgan fingerprint density at radius 1 is 1.30 bits per heavy atom. The molecule has 1 heterocycles. The van der Waals surface area contributed by atoms with Crippen LogP contribution in [0.15, 0.2) is 30.5 Å². The molecule has 2 rings (SSSR count). The van der Waals surface area contributed by atoms with Crippen molar-refractivity contribution in [1.82, 2.24) is 9.55 Å². The highest BCUT2D eigenvalue weighted by molar-refractivity contribution is 5.32. The summed E-state index contributed by atoms with van der Waals surface area (Å²) in [5.74, 6) is 1.75. The second kappa shape index (κ2) is 5.67. The zero-order chi connectivity index (χ0) is 14.8. The van der Waals surface area contributed by atoms with Crippen molar-refractivity contribution < 1.29 is 4.74 Å². The Balaban J connectivity index is 2.09. The number of hydrogen-bond acceptors (Lipinski definition) is 3. The van der Waals surface area contributed by atoms with Crippen LogP contribution in [0.4, 0.5) is 0 Å². The molecule has 0 aliphatic carbocycles. The van der Waals surface area contributed by atoms with E-state index >= 15 is 0 Å². The molecule has 0 atom stereocenters. The van der Waals surface area contributed by atoms with Crippen LogP contribution in [0.1, 0.15) is 37.9 Å².